The Balaban J connectivity index is 1.89. The van der Waals surface area contributed by atoms with E-state index in [1.165, 1.54) is 35.3 Å². The van der Waals surface area contributed by atoms with Crippen molar-refractivity contribution in [2.45, 2.75) is 64.5 Å². The zero-order valence-electron chi connectivity index (χ0n) is 17.0. The molecule has 0 bridgehead atoms. The molecule has 2 aromatic heterocycles. The molecule has 0 saturated heterocycles. The second kappa shape index (κ2) is 8.42. The van der Waals surface area contributed by atoms with Crippen molar-refractivity contribution in [1.82, 2.24) is 9.55 Å². The van der Waals surface area contributed by atoms with Crippen molar-refractivity contribution in [3.8, 4) is 5.69 Å². The van der Waals surface area contributed by atoms with Gasteiger partial charge in [-0.15, -0.1) is 11.3 Å². The molecule has 2 heterocycles. The molecule has 3 aromatic rings. The third-order valence-corrected chi connectivity index (χ3v) is 7.58. The Labute approximate surface area is 175 Å². The van der Waals surface area contributed by atoms with Crippen LogP contribution < -0.4 is 5.56 Å². The molecule has 0 saturated carbocycles. The molecule has 3 nitrogen and oxygen atoms in total. The average Bonchev–Trinajstić information content (AvgIpc) is 2.84. The highest BCUT2D eigenvalue weighted by Crippen LogP contribution is 2.34. The largest absolute Gasteiger partial charge is 0.268 e. The van der Waals surface area contributed by atoms with E-state index >= 15 is 0 Å². The molecule has 0 fully saturated rings. The fourth-order valence-electron chi connectivity index (χ4n) is 3.77. The molecule has 1 aliphatic carbocycles. The van der Waals surface area contributed by atoms with Crippen molar-refractivity contribution in [2.75, 3.05) is 5.75 Å². The minimum Gasteiger partial charge on any atom is -0.268 e. The lowest BCUT2D eigenvalue weighted by Crippen LogP contribution is -2.22. The first-order chi connectivity index (χ1) is 13.5. The quantitative estimate of drug-likeness (QED) is 0.286. The van der Waals surface area contributed by atoms with Gasteiger partial charge in [-0.3, -0.25) is 9.36 Å². The Morgan fingerprint density at radius 1 is 1.14 bits per heavy atom. The van der Waals surface area contributed by atoms with Crippen molar-refractivity contribution >= 4 is 33.3 Å². The number of thioether (sulfide) groups is 1. The highest BCUT2D eigenvalue weighted by molar-refractivity contribution is 7.99. The molecule has 28 heavy (non-hydrogen) atoms. The summed E-state index contributed by atoms with van der Waals surface area (Å²) in [6.45, 7) is 6.55. The van der Waals surface area contributed by atoms with Gasteiger partial charge < -0.3 is 0 Å². The van der Waals surface area contributed by atoms with Crippen LogP contribution in [-0.4, -0.2) is 15.3 Å². The zero-order chi connectivity index (χ0) is 19.7. The van der Waals surface area contributed by atoms with Crippen LogP contribution in [0.1, 0.15) is 55.5 Å². The zero-order valence-corrected chi connectivity index (χ0v) is 18.6. The molecule has 1 aliphatic rings. The molecule has 0 amide bonds. The van der Waals surface area contributed by atoms with Crippen LogP contribution in [0.2, 0.25) is 0 Å². The lowest BCUT2D eigenvalue weighted by Gasteiger charge is -2.13. The van der Waals surface area contributed by atoms with Crippen LogP contribution in [0, 0.1) is 12.8 Å². The van der Waals surface area contributed by atoms with E-state index < -0.39 is 0 Å². The van der Waals surface area contributed by atoms with E-state index in [9.17, 15) is 4.79 Å². The maximum atomic E-state index is 13.7. The molecule has 0 N–H and O–H groups in total. The van der Waals surface area contributed by atoms with Gasteiger partial charge in [0.1, 0.15) is 4.83 Å². The Kier molecular flexibility index (Phi) is 5.93. The molecule has 0 atom stereocenters. The van der Waals surface area contributed by atoms with E-state index in [4.69, 9.17) is 4.98 Å². The third-order valence-electron chi connectivity index (χ3n) is 5.43. The van der Waals surface area contributed by atoms with Gasteiger partial charge in [-0.25, -0.2) is 4.98 Å². The maximum Gasteiger partial charge on any atom is 0.267 e. The summed E-state index contributed by atoms with van der Waals surface area (Å²) in [7, 11) is 0. The fourth-order valence-corrected chi connectivity index (χ4v) is 6.32. The number of aryl methyl sites for hydroxylation is 3. The molecular weight excluding hydrogens is 384 g/mol. The number of nitrogens with zero attached hydrogens (tertiary/aromatic N) is 2. The molecule has 1 aromatic carbocycles. The summed E-state index contributed by atoms with van der Waals surface area (Å²) in [4.78, 5) is 21.0. The van der Waals surface area contributed by atoms with Gasteiger partial charge in [0.25, 0.3) is 5.56 Å². The number of hydrogen-bond donors (Lipinski definition) is 0. The summed E-state index contributed by atoms with van der Waals surface area (Å²) in [5, 5.41) is 1.70. The van der Waals surface area contributed by atoms with Gasteiger partial charge in [0, 0.05) is 10.6 Å². The summed E-state index contributed by atoms with van der Waals surface area (Å²) >= 11 is 3.46. The second-order valence-corrected chi connectivity index (χ2v) is 10.3. The molecule has 0 aliphatic heterocycles. The first-order valence-electron chi connectivity index (χ1n) is 10.3. The highest BCUT2D eigenvalue weighted by Gasteiger charge is 2.22. The molecule has 5 heteroatoms. The summed E-state index contributed by atoms with van der Waals surface area (Å²) in [5.74, 6) is 1.63. The summed E-state index contributed by atoms with van der Waals surface area (Å²) < 4.78 is 1.85. The number of rotatable bonds is 5. The Hall–Kier alpha value is -1.59. The Bertz CT molecular complexity index is 1030. The molecule has 4 rings (SSSR count). The fraction of sp³-hybridized carbons (Fsp3) is 0.478. The summed E-state index contributed by atoms with van der Waals surface area (Å²) in [5.41, 5.74) is 3.50. The first kappa shape index (κ1) is 19.7. The molecule has 148 valence electrons. The van der Waals surface area contributed by atoms with Gasteiger partial charge in [0.2, 0.25) is 0 Å². The predicted molar refractivity (Wildman–Crippen MR) is 121 cm³/mol. The van der Waals surface area contributed by atoms with E-state index in [-0.39, 0.29) is 5.56 Å². The predicted octanol–water partition coefficient (Wildman–Crippen LogP) is 6.16. The van der Waals surface area contributed by atoms with Crippen LogP contribution in [0.4, 0.5) is 0 Å². The van der Waals surface area contributed by atoms with Crippen LogP contribution in [0.15, 0.2) is 34.2 Å². The van der Waals surface area contributed by atoms with Crippen molar-refractivity contribution in [2.24, 2.45) is 5.92 Å². The van der Waals surface area contributed by atoms with E-state index in [1.54, 1.807) is 23.1 Å². The first-order valence-corrected chi connectivity index (χ1v) is 12.1. The van der Waals surface area contributed by atoms with Gasteiger partial charge in [-0.2, -0.15) is 0 Å². The molecule has 0 unspecified atom stereocenters. The number of thiophene rings is 1. The topological polar surface area (TPSA) is 34.9 Å². The van der Waals surface area contributed by atoms with Crippen molar-refractivity contribution in [3.05, 3.63) is 50.6 Å². The standard InChI is InChI=1S/C23H28N2OS2/c1-15(2)13-14-27-23-24-21-20(18-7-5-4-6-8-19(18)28-21)22(26)25(23)17-11-9-16(3)10-12-17/h9-12,15H,4-8,13-14H2,1-3H3. The van der Waals surface area contributed by atoms with E-state index in [2.05, 4.69) is 32.9 Å². The minimum atomic E-state index is 0.111. The lowest BCUT2D eigenvalue weighted by molar-refractivity contribution is 0.631. The van der Waals surface area contributed by atoms with Gasteiger partial charge in [0.05, 0.1) is 11.1 Å². The van der Waals surface area contributed by atoms with Gasteiger partial charge in [0.15, 0.2) is 5.16 Å². The van der Waals surface area contributed by atoms with Crippen LogP contribution in [0.5, 0.6) is 0 Å². The smallest absolute Gasteiger partial charge is 0.267 e. The molecular formula is C23H28N2OS2. The molecule has 0 radical (unpaired) electrons. The van der Waals surface area contributed by atoms with Gasteiger partial charge in [-0.1, -0.05) is 49.7 Å². The number of benzene rings is 1. The second-order valence-electron chi connectivity index (χ2n) is 8.15. The molecule has 0 spiro atoms. The van der Waals surface area contributed by atoms with Crippen molar-refractivity contribution < 1.29 is 0 Å². The van der Waals surface area contributed by atoms with Crippen molar-refractivity contribution in [1.29, 1.82) is 0 Å². The summed E-state index contributed by atoms with van der Waals surface area (Å²) in [6, 6.07) is 8.23. The van der Waals surface area contributed by atoms with Crippen LogP contribution in [-0.2, 0) is 12.8 Å². The number of aromatic nitrogens is 2. The Morgan fingerprint density at radius 2 is 1.89 bits per heavy atom. The van der Waals surface area contributed by atoms with Crippen LogP contribution in [0.25, 0.3) is 15.9 Å². The number of hydrogen-bond acceptors (Lipinski definition) is 4. The van der Waals surface area contributed by atoms with Crippen molar-refractivity contribution in [3.63, 3.8) is 0 Å². The van der Waals surface area contributed by atoms with Crippen LogP contribution >= 0.6 is 23.1 Å². The monoisotopic (exact) mass is 412 g/mol. The van der Waals surface area contributed by atoms with E-state index in [0.29, 0.717) is 5.92 Å². The summed E-state index contributed by atoms with van der Waals surface area (Å²) in [6.07, 6.45) is 6.88. The third kappa shape index (κ3) is 3.92. The lowest BCUT2D eigenvalue weighted by atomic mass is 10.1. The normalized spacial score (nSPS) is 14.4. The Morgan fingerprint density at radius 3 is 2.64 bits per heavy atom. The SMILES string of the molecule is Cc1ccc(-n2c(SCCC(C)C)nc3sc4c(c3c2=O)CCCCC4)cc1. The van der Waals surface area contributed by atoms with E-state index in [0.717, 1.165) is 46.1 Å². The van der Waals surface area contributed by atoms with E-state index in [1.807, 2.05) is 16.7 Å². The average molecular weight is 413 g/mol. The highest BCUT2D eigenvalue weighted by atomic mass is 32.2. The van der Waals surface area contributed by atoms with Crippen LogP contribution in [0.3, 0.4) is 0 Å². The van der Waals surface area contributed by atoms with Gasteiger partial charge in [-0.05, 0) is 62.6 Å². The number of fused-ring (bicyclic) bond motifs is 3. The maximum absolute atomic E-state index is 13.7. The minimum absolute atomic E-state index is 0.111. The van der Waals surface area contributed by atoms with Gasteiger partial charge >= 0.3 is 0 Å².